The molecule has 2 unspecified atom stereocenters. The van der Waals surface area contributed by atoms with Crippen LogP contribution in [0.2, 0.25) is 5.02 Å². The normalized spacial score (nSPS) is 23.1. The Morgan fingerprint density at radius 2 is 2.22 bits per heavy atom. The van der Waals surface area contributed by atoms with Gasteiger partial charge in [-0.25, -0.2) is 0 Å². The highest BCUT2D eigenvalue weighted by molar-refractivity contribution is 6.32. The molecule has 1 N–H and O–H groups in total. The van der Waals surface area contributed by atoms with Crippen LogP contribution in [0, 0.1) is 0 Å². The minimum atomic E-state index is -0.194. The van der Waals surface area contributed by atoms with Crippen molar-refractivity contribution < 1.29 is 14.3 Å². The maximum Gasteiger partial charge on any atom is 0.179 e. The molecule has 1 fully saturated rings. The summed E-state index contributed by atoms with van der Waals surface area (Å²) in [5.74, 6) is 0.563. The summed E-state index contributed by atoms with van der Waals surface area (Å²) < 4.78 is 10.3. The van der Waals surface area contributed by atoms with Gasteiger partial charge in [0, 0.05) is 19.2 Å². The van der Waals surface area contributed by atoms with Crippen molar-refractivity contribution in [1.29, 1.82) is 0 Å². The quantitative estimate of drug-likeness (QED) is 0.849. The number of ketones is 1. The van der Waals surface area contributed by atoms with Crippen molar-refractivity contribution in [1.82, 2.24) is 5.32 Å². The van der Waals surface area contributed by atoms with Crippen LogP contribution in [-0.4, -0.2) is 38.7 Å². The smallest absolute Gasteiger partial charge is 0.179 e. The summed E-state index contributed by atoms with van der Waals surface area (Å²) in [5, 5.41) is 3.66. The van der Waals surface area contributed by atoms with Gasteiger partial charge in [-0.3, -0.25) is 4.79 Å². The Kier molecular flexibility index (Phi) is 4.22. The Balaban J connectivity index is 2.14. The lowest BCUT2D eigenvalue weighted by Crippen LogP contribution is -2.30. The van der Waals surface area contributed by atoms with Crippen LogP contribution in [0.1, 0.15) is 16.8 Å². The fourth-order valence-electron chi connectivity index (χ4n) is 2.10. The van der Waals surface area contributed by atoms with Crippen LogP contribution in [0.5, 0.6) is 5.75 Å². The predicted molar refractivity (Wildman–Crippen MR) is 69.5 cm³/mol. The second kappa shape index (κ2) is 5.69. The molecule has 0 spiro atoms. The molecule has 1 aromatic carbocycles. The first-order valence-corrected chi connectivity index (χ1v) is 6.17. The number of methoxy groups -OCH3 is 2. The molecule has 98 valence electrons. The lowest BCUT2D eigenvalue weighted by Gasteiger charge is -2.11. The van der Waals surface area contributed by atoms with Gasteiger partial charge in [-0.2, -0.15) is 0 Å². The largest absolute Gasteiger partial charge is 0.495 e. The van der Waals surface area contributed by atoms with Crippen LogP contribution in [0.3, 0.4) is 0 Å². The lowest BCUT2D eigenvalue weighted by molar-refractivity contribution is 0.0918. The van der Waals surface area contributed by atoms with Gasteiger partial charge in [0.05, 0.1) is 24.3 Å². The van der Waals surface area contributed by atoms with Crippen molar-refractivity contribution >= 4 is 17.4 Å². The van der Waals surface area contributed by atoms with E-state index in [0.29, 0.717) is 29.3 Å². The molecule has 2 atom stereocenters. The third kappa shape index (κ3) is 2.66. The van der Waals surface area contributed by atoms with Crippen LogP contribution in [-0.2, 0) is 4.74 Å². The zero-order chi connectivity index (χ0) is 13.1. The van der Waals surface area contributed by atoms with Crippen LogP contribution >= 0.6 is 11.6 Å². The minimum absolute atomic E-state index is 0.0458. The zero-order valence-corrected chi connectivity index (χ0v) is 11.2. The molecule has 18 heavy (non-hydrogen) atoms. The maximum absolute atomic E-state index is 12.3. The summed E-state index contributed by atoms with van der Waals surface area (Å²) in [6.07, 6.45) is 0.799. The average Bonchev–Trinajstić information content (AvgIpc) is 2.87. The molecule has 5 heteroatoms. The molecule has 0 bridgehead atoms. The van der Waals surface area contributed by atoms with Gasteiger partial charge in [0.1, 0.15) is 5.75 Å². The van der Waals surface area contributed by atoms with Crippen molar-refractivity contribution in [2.75, 3.05) is 20.8 Å². The third-order valence-corrected chi connectivity index (χ3v) is 3.49. The topological polar surface area (TPSA) is 47.6 Å². The van der Waals surface area contributed by atoms with E-state index in [2.05, 4.69) is 5.32 Å². The first kappa shape index (κ1) is 13.3. The molecule has 0 amide bonds. The maximum atomic E-state index is 12.3. The summed E-state index contributed by atoms with van der Waals surface area (Å²) in [6, 6.07) is 4.87. The fourth-order valence-corrected chi connectivity index (χ4v) is 2.29. The molecule has 1 aliphatic heterocycles. The van der Waals surface area contributed by atoms with E-state index in [1.807, 2.05) is 0 Å². The van der Waals surface area contributed by atoms with Gasteiger partial charge >= 0.3 is 0 Å². The summed E-state index contributed by atoms with van der Waals surface area (Å²) >= 11 is 5.93. The van der Waals surface area contributed by atoms with E-state index < -0.39 is 0 Å². The lowest BCUT2D eigenvalue weighted by atomic mass is 10.0. The van der Waals surface area contributed by atoms with Crippen LogP contribution in [0.4, 0.5) is 0 Å². The Bertz CT molecular complexity index is 450. The molecule has 2 rings (SSSR count). The first-order valence-electron chi connectivity index (χ1n) is 5.79. The van der Waals surface area contributed by atoms with Gasteiger partial charge in [0.15, 0.2) is 5.78 Å². The molecule has 0 radical (unpaired) electrons. The Hall–Kier alpha value is -1.10. The molecule has 4 nitrogen and oxygen atoms in total. The van der Waals surface area contributed by atoms with Crippen molar-refractivity contribution in [2.24, 2.45) is 0 Å². The number of nitrogens with one attached hydrogen (secondary N) is 1. The molecular weight excluding hydrogens is 254 g/mol. The van der Waals surface area contributed by atoms with E-state index in [0.717, 1.165) is 0 Å². The summed E-state index contributed by atoms with van der Waals surface area (Å²) in [7, 11) is 3.19. The van der Waals surface area contributed by atoms with Gasteiger partial charge in [-0.15, -0.1) is 0 Å². The average molecular weight is 270 g/mol. The van der Waals surface area contributed by atoms with E-state index in [1.165, 1.54) is 7.11 Å². The SMILES string of the molecule is COc1cc(C(=O)C2CC(OC)CN2)ccc1Cl. The molecule has 0 aliphatic carbocycles. The van der Waals surface area contributed by atoms with Crippen molar-refractivity contribution in [3.05, 3.63) is 28.8 Å². The van der Waals surface area contributed by atoms with Gasteiger partial charge in [-0.05, 0) is 24.6 Å². The molecule has 1 aromatic rings. The second-order valence-corrected chi connectivity index (χ2v) is 4.68. The van der Waals surface area contributed by atoms with Crippen LogP contribution in [0.15, 0.2) is 18.2 Å². The predicted octanol–water partition coefficient (Wildman–Crippen LogP) is 1.91. The van der Waals surface area contributed by atoms with E-state index in [4.69, 9.17) is 21.1 Å². The summed E-state index contributed by atoms with van der Waals surface area (Å²) in [5.41, 5.74) is 0.602. The van der Waals surface area contributed by atoms with Crippen molar-refractivity contribution in [3.8, 4) is 5.75 Å². The number of rotatable bonds is 4. The number of hydrogen-bond donors (Lipinski definition) is 1. The van der Waals surface area contributed by atoms with Crippen LogP contribution < -0.4 is 10.1 Å². The minimum Gasteiger partial charge on any atom is -0.495 e. The Labute approximate surface area is 111 Å². The molecule has 0 saturated carbocycles. The number of ether oxygens (including phenoxy) is 2. The Morgan fingerprint density at radius 1 is 1.44 bits per heavy atom. The molecule has 1 saturated heterocycles. The number of hydrogen-bond acceptors (Lipinski definition) is 4. The van der Waals surface area contributed by atoms with E-state index in [1.54, 1.807) is 25.3 Å². The first-order chi connectivity index (χ1) is 8.65. The second-order valence-electron chi connectivity index (χ2n) is 4.27. The van der Waals surface area contributed by atoms with Crippen LogP contribution in [0.25, 0.3) is 0 Å². The number of Topliss-reactive ketones (excluding diaryl/α,β-unsaturated/α-hetero) is 1. The Morgan fingerprint density at radius 3 is 2.83 bits per heavy atom. The molecule has 1 heterocycles. The van der Waals surface area contributed by atoms with Crippen molar-refractivity contribution in [3.63, 3.8) is 0 Å². The standard InChI is InChI=1S/C13H16ClNO3/c1-17-9-6-11(15-7-9)13(16)8-3-4-10(14)12(5-8)18-2/h3-5,9,11,15H,6-7H2,1-2H3. The summed E-state index contributed by atoms with van der Waals surface area (Å²) in [6.45, 7) is 0.706. The number of benzene rings is 1. The highest BCUT2D eigenvalue weighted by Gasteiger charge is 2.30. The highest BCUT2D eigenvalue weighted by atomic mass is 35.5. The van der Waals surface area contributed by atoms with Crippen molar-refractivity contribution in [2.45, 2.75) is 18.6 Å². The highest BCUT2D eigenvalue weighted by Crippen LogP contribution is 2.26. The number of halogens is 1. The number of carbonyl (C=O) groups excluding carboxylic acids is 1. The molecular formula is C13H16ClNO3. The monoisotopic (exact) mass is 269 g/mol. The molecule has 1 aliphatic rings. The van der Waals surface area contributed by atoms with Gasteiger partial charge in [0.2, 0.25) is 0 Å². The van der Waals surface area contributed by atoms with Gasteiger partial charge in [-0.1, -0.05) is 11.6 Å². The van der Waals surface area contributed by atoms with E-state index >= 15 is 0 Å². The fraction of sp³-hybridized carbons (Fsp3) is 0.462. The van der Waals surface area contributed by atoms with E-state index in [9.17, 15) is 4.79 Å². The van der Waals surface area contributed by atoms with E-state index in [-0.39, 0.29) is 17.9 Å². The third-order valence-electron chi connectivity index (χ3n) is 3.18. The van der Waals surface area contributed by atoms with Gasteiger partial charge < -0.3 is 14.8 Å². The molecule has 0 aromatic heterocycles. The zero-order valence-electron chi connectivity index (χ0n) is 10.4. The summed E-state index contributed by atoms with van der Waals surface area (Å²) in [4.78, 5) is 12.3. The number of carbonyl (C=O) groups is 1. The van der Waals surface area contributed by atoms with Gasteiger partial charge in [0.25, 0.3) is 0 Å².